The minimum absolute atomic E-state index is 0.227. The first-order chi connectivity index (χ1) is 8.20. The molecule has 0 aliphatic carbocycles. The molecule has 0 aromatic carbocycles. The molecule has 1 fully saturated rings. The Hall–Kier alpha value is -1.33. The molecule has 0 radical (unpaired) electrons. The number of hydrogen-bond donors (Lipinski definition) is 2. The maximum Gasteiger partial charge on any atom is 0.152 e. The van der Waals surface area contributed by atoms with E-state index < -0.39 is 0 Å². The zero-order chi connectivity index (χ0) is 12.3. The highest BCUT2D eigenvalue weighted by Crippen LogP contribution is 2.21. The van der Waals surface area contributed by atoms with Gasteiger partial charge in [-0.3, -0.25) is 4.90 Å². The molecule has 5 heteroatoms. The first-order valence-electron chi connectivity index (χ1n) is 6.02. The number of aliphatic hydroxyl groups is 1. The van der Waals surface area contributed by atoms with Gasteiger partial charge in [-0.15, -0.1) is 0 Å². The highest BCUT2D eigenvalue weighted by Gasteiger charge is 2.19. The molecule has 1 aromatic rings. The van der Waals surface area contributed by atoms with E-state index >= 15 is 0 Å². The highest BCUT2D eigenvalue weighted by molar-refractivity contribution is 5.63. The number of rotatable bonds is 3. The van der Waals surface area contributed by atoms with Gasteiger partial charge in [0.1, 0.15) is 0 Å². The number of nitrogens with zero attached hydrogens (tertiary/aromatic N) is 3. The Morgan fingerprint density at radius 1 is 1.29 bits per heavy atom. The minimum atomic E-state index is 0.227. The van der Waals surface area contributed by atoms with Crippen LogP contribution in [0.4, 0.5) is 11.5 Å². The molecule has 17 heavy (non-hydrogen) atoms. The van der Waals surface area contributed by atoms with Gasteiger partial charge in [0.2, 0.25) is 0 Å². The molecule has 1 saturated heterocycles. The van der Waals surface area contributed by atoms with Gasteiger partial charge in [-0.1, -0.05) is 0 Å². The Balaban J connectivity index is 2.02. The normalized spacial score (nSPS) is 17.4. The van der Waals surface area contributed by atoms with Crippen LogP contribution in [0.1, 0.15) is 5.69 Å². The van der Waals surface area contributed by atoms with Gasteiger partial charge in [-0.2, -0.15) is 0 Å². The molecule has 1 aromatic heterocycles. The molecule has 0 amide bonds. The lowest BCUT2D eigenvalue weighted by molar-refractivity contribution is 0.188. The summed E-state index contributed by atoms with van der Waals surface area (Å²) in [6.07, 6.45) is 0. The van der Waals surface area contributed by atoms with Gasteiger partial charge >= 0.3 is 0 Å². The van der Waals surface area contributed by atoms with Crippen molar-refractivity contribution in [2.75, 3.05) is 50.0 Å². The number of β-amino-alcohol motifs (C(OH)–C–C–N with tert-alkyl or cyclic N) is 1. The van der Waals surface area contributed by atoms with Gasteiger partial charge in [0, 0.05) is 38.4 Å². The van der Waals surface area contributed by atoms with Crippen LogP contribution >= 0.6 is 0 Å². The van der Waals surface area contributed by atoms with E-state index in [0.717, 1.165) is 49.9 Å². The fourth-order valence-electron chi connectivity index (χ4n) is 2.13. The van der Waals surface area contributed by atoms with Crippen molar-refractivity contribution in [1.82, 2.24) is 9.88 Å². The molecule has 5 nitrogen and oxygen atoms in total. The second-order valence-corrected chi connectivity index (χ2v) is 4.42. The summed E-state index contributed by atoms with van der Waals surface area (Å²) in [6, 6.07) is 3.85. The number of nitrogens with two attached hydrogens (primary N) is 1. The van der Waals surface area contributed by atoms with E-state index in [0.29, 0.717) is 0 Å². The zero-order valence-electron chi connectivity index (χ0n) is 10.3. The van der Waals surface area contributed by atoms with Crippen molar-refractivity contribution < 1.29 is 5.11 Å². The van der Waals surface area contributed by atoms with E-state index in [9.17, 15) is 0 Å². The Labute approximate surface area is 102 Å². The number of pyridine rings is 1. The van der Waals surface area contributed by atoms with Crippen LogP contribution in [0.5, 0.6) is 0 Å². The van der Waals surface area contributed by atoms with Gasteiger partial charge in [0.15, 0.2) is 5.82 Å². The van der Waals surface area contributed by atoms with E-state index in [2.05, 4.69) is 14.8 Å². The Morgan fingerprint density at radius 2 is 2.00 bits per heavy atom. The van der Waals surface area contributed by atoms with Crippen molar-refractivity contribution in [3.8, 4) is 0 Å². The fraction of sp³-hybridized carbons (Fsp3) is 0.583. The SMILES string of the molecule is Cc1ccc(N)c(N2CCN(CCO)CC2)n1. The number of hydrogen-bond acceptors (Lipinski definition) is 5. The van der Waals surface area contributed by atoms with Crippen molar-refractivity contribution in [3.05, 3.63) is 17.8 Å². The molecule has 0 spiro atoms. The predicted molar refractivity (Wildman–Crippen MR) is 69.1 cm³/mol. The molecule has 1 aliphatic rings. The molecular weight excluding hydrogens is 216 g/mol. The Morgan fingerprint density at radius 3 is 2.65 bits per heavy atom. The summed E-state index contributed by atoms with van der Waals surface area (Å²) in [5, 5.41) is 8.89. The largest absolute Gasteiger partial charge is 0.396 e. The molecule has 0 unspecified atom stereocenters. The summed E-state index contributed by atoms with van der Waals surface area (Å²) < 4.78 is 0. The first kappa shape index (κ1) is 12.1. The van der Waals surface area contributed by atoms with Crippen LogP contribution in [-0.4, -0.2) is 54.3 Å². The highest BCUT2D eigenvalue weighted by atomic mass is 16.3. The summed E-state index contributed by atoms with van der Waals surface area (Å²) in [7, 11) is 0. The van der Waals surface area contributed by atoms with E-state index in [1.165, 1.54) is 0 Å². The summed E-state index contributed by atoms with van der Waals surface area (Å²) in [4.78, 5) is 8.97. The molecule has 0 saturated carbocycles. The van der Waals surface area contributed by atoms with Crippen LogP contribution < -0.4 is 10.6 Å². The maximum atomic E-state index is 8.89. The number of nitrogen functional groups attached to an aromatic ring is 1. The summed E-state index contributed by atoms with van der Waals surface area (Å²) in [5.41, 5.74) is 7.69. The number of piperazine rings is 1. The topological polar surface area (TPSA) is 65.6 Å². The standard InChI is InChI=1S/C12H20N4O/c1-10-2-3-11(13)12(14-10)16-6-4-15(5-7-16)8-9-17/h2-3,17H,4-9,13H2,1H3. The minimum Gasteiger partial charge on any atom is -0.396 e. The van der Waals surface area contributed by atoms with Crippen molar-refractivity contribution in [3.63, 3.8) is 0 Å². The van der Waals surface area contributed by atoms with Crippen LogP contribution in [0.2, 0.25) is 0 Å². The van der Waals surface area contributed by atoms with Gasteiger partial charge in [-0.05, 0) is 19.1 Å². The lowest BCUT2D eigenvalue weighted by atomic mass is 10.2. The zero-order valence-corrected chi connectivity index (χ0v) is 10.3. The van der Waals surface area contributed by atoms with Gasteiger partial charge < -0.3 is 15.7 Å². The van der Waals surface area contributed by atoms with Crippen molar-refractivity contribution >= 4 is 11.5 Å². The molecule has 94 valence electrons. The van der Waals surface area contributed by atoms with E-state index in [1.807, 2.05) is 19.1 Å². The van der Waals surface area contributed by atoms with E-state index in [1.54, 1.807) is 0 Å². The van der Waals surface area contributed by atoms with Crippen LogP contribution in [0.3, 0.4) is 0 Å². The third kappa shape index (κ3) is 2.87. The summed E-state index contributed by atoms with van der Waals surface area (Å²) in [6.45, 7) is 6.70. The third-order valence-electron chi connectivity index (χ3n) is 3.13. The Bertz CT molecular complexity index is 375. The van der Waals surface area contributed by atoms with Crippen molar-refractivity contribution in [2.45, 2.75) is 6.92 Å². The average Bonchev–Trinajstić information content (AvgIpc) is 2.34. The quantitative estimate of drug-likeness (QED) is 0.778. The second kappa shape index (κ2) is 5.33. The van der Waals surface area contributed by atoms with Crippen molar-refractivity contribution in [2.24, 2.45) is 0 Å². The molecule has 0 atom stereocenters. The molecular formula is C12H20N4O. The maximum absolute atomic E-state index is 8.89. The van der Waals surface area contributed by atoms with Crippen LogP contribution in [0, 0.1) is 6.92 Å². The second-order valence-electron chi connectivity index (χ2n) is 4.42. The predicted octanol–water partition coefficient (Wildman–Crippen LogP) is 0.0865. The third-order valence-corrected chi connectivity index (χ3v) is 3.13. The lowest BCUT2D eigenvalue weighted by Gasteiger charge is -2.35. The summed E-state index contributed by atoms with van der Waals surface area (Å²) in [5.74, 6) is 0.897. The van der Waals surface area contributed by atoms with E-state index in [4.69, 9.17) is 10.8 Å². The van der Waals surface area contributed by atoms with Crippen LogP contribution in [-0.2, 0) is 0 Å². The monoisotopic (exact) mass is 236 g/mol. The lowest BCUT2D eigenvalue weighted by Crippen LogP contribution is -2.47. The number of aromatic nitrogens is 1. The fourth-order valence-corrected chi connectivity index (χ4v) is 2.13. The molecule has 1 aliphatic heterocycles. The average molecular weight is 236 g/mol. The molecule has 2 heterocycles. The summed E-state index contributed by atoms with van der Waals surface area (Å²) >= 11 is 0. The number of aryl methyl sites for hydroxylation is 1. The number of aliphatic hydroxyl groups excluding tert-OH is 1. The smallest absolute Gasteiger partial charge is 0.152 e. The molecule has 2 rings (SSSR count). The van der Waals surface area contributed by atoms with Gasteiger partial charge in [-0.25, -0.2) is 4.98 Å². The van der Waals surface area contributed by atoms with Crippen LogP contribution in [0.25, 0.3) is 0 Å². The molecule has 0 bridgehead atoms. The number of anilines is 2. The Kier molecular flexibility index (Phi) is 3.81. The first-order valence-corrected chi connectivity index (χ1v) is 6.02. The van der Waals surface area contributed by atoms with E-state index in [-0.39, 0.29) is 6.61 Å². The van der Waals surface area contributed by atoms with Crippen LogP contribution in [0.15, 0.2) is 12.1 Å². The van der Waals surface area contributed by atoms with Gasteiger partial charge in [0.05, 0.1) is 12.3 Å². The van der Waals surface area contributed by atoms with Gasteiger partial charge in [0.25, 0.3) is 0 Å². The van der Waals surface area contributed by atoms with Crippen molar-refractivity contribution in [1.29, 1.82) is 0 Å². The molecule has 3 N–H and O–H groups in total.